The third-order valence-corrected chi connectivity index (χ3v) is 5.13. The Balaban J connectivity index is 1.63. The zero-order chi connectivity index (χ0) is 13.4. The molecule has 2 N–H and O–H groups in total. The zero-order valence-electron chi connectivity index (χ0n) is 11.5. The van der Waals surface area contributed by atoms with Gasteiger partial charge in [-0.3, -0.25) is 4.79 Å². The zero-order valence-corrected chi connectivity index (χ0v) is 12.3. The average Bonchev–Trinajstić information content (AvgIpc) is 3.21. The Bertz CT molecular complexity index is 369. The van der Waals surface area contributed by atoms with Gasteiger partial charge in [-0.2, -0.15) is 0 Å². The summed E-state index contributed by atoms with van der Waals surface area (Å²) in [6.45, 7) is 0. The van der Waals surface area contributed by atoms with Gasteiger partial charge in [0.1, 0.15) is 0 Å². The predicted molar refractivity (Wildman–Crippen MR) is 78.8 cm³/mol. The highest BCUT2D eigenvalue weighted by Crippen LogP contribution is 2.35. The van der Waals surface area contributed by atoms with Crippen molar-refractivity contribution in [3.63, 3.8) is 0 Å². The summed E-state index contributed by atoms with van der Waals surface area (Å²) in [5, 5.41) is 7.25. The molecule has 0 unspecified atom stereocenters. The molecule has 106 valence electrons. The molecule has 2 saturated heterocycles. The van der Waals surface area contributed by atoms with Gasteiger partial charge in [0.25, 0.3) is 0 Å². The van der Waals surface area contributed by atoms with Crippen LogP contribution in [-0.2, 0) is 4.79 Å². The van der Waals surface area contributed by atoms with Gasteiger partial charge in [-0.05, 0) is 57.2 Å². The molecule has 1 amide bonds. The molecule has 19 heavy (non-hydrogen) atoms. The van der Waals surface area contributed by atoms with Crippen molar-refractivity contribution in [2.45, 2.75) is 63.1 Å². The van der Waals surface area contributed by atoms with Crippen molar-refractivity contribution in [3.05, 3.63) is 0 Å². The first-order valence-electron chi connectivity index (χ1n) is 7.49. The van der Waals surface area contributed by atoms with Crippen molar-refractivity contribution in [1.29, 1.82) is 0 Å². The Morgan fingerprint density at radius 3 is 2.32 bits per heavy atom. The minimum Gasteiger partial charge on any atom is -0.366 e. The van der Waals surface area contributed by atoms with Crippen molar-refractivity contribution in [2.75, 3.05) is 7.05 Å². The Morgan fingerprint density at radius 1 is 1.16 bits per heavy atom. The van der Waals surface area contributed by atoms with Gasteiger partial charge >= 0.3 is 0 Å². The Morgan fingerprint density at radius 2 is 1.79 bits per heavy atom. The number of nitrogens with one attached hydrogen (secondary N) is 2. The van der Waals surface area contributed by atoms with Crippen LogP contribution in [-0.4, -0.2) is 41.1 Å². The third kappa shape index (κ3) is 2.71. The van der Waals surface area contributed by atoms with Crippen LogP contribution < -0.4 is 10.6 Å². The van der Waals surface area contributed by atoms with E-state index in [0.717, 1.165) is 30.8 Å². The monoisotopic (exact) mass is 281 g/mol. The van der Waals surface area contributed by atoms with Crippen molar-refractivity contribution in [1.82, 2.24) is 15.5 Å². The van der Waals surface area contributed by atoms with Crippen LogP contribution in [0.5, 0.6) is 0 Å². The lowest BCUT2D eigenvalue weighted by molar-refractivity contribution is -0.123. The SMILES string of the molecule is CNC(=S)N1[C@H]2CCC[C@H]1CC(NC(=O)C1CC1)C2. The lowest BCUT2D eigenvalue weighted by Gasteiger charge is -2.50. The number of amides is 1. The average molecular weight is 281 g/mol. The summed E-state index contributed by atoms with van der Waals surface area (Å²) in [6.07, 6.45) is 7.97. The van der Waals surface area contributed by atoms with Gasteiger partial charge in [-0.15, -0.1) is 0 Å². The first-order valence-corrected chi connectivity index (χ1v) is 7.90. The molecule has 0 aromatic carbocycles. The van der Waals surface area contributed by atoms with Crippen LogP contribution in [0, 0.1) is 5.92 Å². The van der Waals surface area contributed by atoms with Crippen molar-refractivity contribution in [3.8, 4) is 0 Å². The number of rotatable bonds is 2. The molecule has 0 spiro atoms. The molecular weight excluding hydrogens is 258 g/mol. The molecule has 2 bridgehead atoms. The Labute approximate surface area is 120 Å². The topological polar surface area (TPSA) is 44.4 Å². The molecule has 4 nitrogen and oxygen atoms in total. The quantitative estimate of drug-likeness (QED) is 0.751. The van der Waals surface area contributed by atoms with E-state index in [0.29, 0.717) is 24.0 Å². The maximum Gasteiger partial charge on any atom is 0.223 e. The summed E-state index contributed by atoms with van der Waals surface area (Å²) >= 11 is 5.44. The van der Waals surface area contributed by atoms with Gasteiger partial charge in [0.05, 0.1) is 0 Å². The minimum absolute atomic E-state index is 0.285. The number of hydrogen-bond acceptors (Lipinski definition) is 2. The highest BCUT2D eigenvalue weighted by atomic mass is 32.1. The van der Waals surface area contributed by atoms with Crippen LogP contribution in [0.2, 0.25) is 0 Å². The van der Waals surface area contributed by atoms with Gasteiger partial charge < -0.3 is 15.5 Å². The smallest absolute Gasteiger partial charge is 0.223 e. The third-order valence-electron chi connectivity index (χ3n) is 4.72. The Kier molecular flexibility index (Phi) is 3.65. The van der Waals surface area contributed by atoms with Crippen LogP contribution in [0.1, 0.15) is 44.9 Å². The van der Waals surface area contributed by atoms with E-state index in [1.165, 1.54) is 19.3 Å². The molecule has 5 heteroatoms. The van der Waals surface area contributed by atoms with E-state index in [2.05, 4.69) is 15.5 Å². The van der Waals surface area contributed by atoms with E-state index in [4.69, 9.17) is 12.2 Å². The number of nitrogens with zero attached hydrogens (tertiary/aromatic N) is 1. The van der Waals surface area contributed by atoms with Crippen molar-refractivity contribution < 1.29 is 4.79 Å². The van der Waals surface area contributed by atoms with Gasteiger partial charge in [0.2, 0.25) is 5.91 Å². The summed E-state index contributed by atoms with van der Waals surface area (Å²) in [7, 11) is 1.90. The summed E-state index contributed by atoms with van der Waals surface area (Å²) in [5.41, 5.74) is 0. The van der Waals surface area contributed by atoms with E-state index >= 15 is 0 Å². The van der Waals surface area contributed by atoms with E-state index in [-0.39, 0.29) is 5.91 Å². The van der Waals surface area contributed by atoms with Crippen LogP contribution in [0.15, 0.2) is 0 Å². The summed E-state index contributed by atoms with van der Waals surface area (Å²) in [4.78, 5) is 14.3. The molecule has 2 atom stereocenters. The van der Waals surface area contributed by atoms with Gasteiger partial charge in [-0.1, -0.05) is 0 Å². The first kappa shape index (κ1) is 13.2. The van der Waals surface area contributed by atoms with Crippen LogP contribution in [0.25, 0.3) is 0 Å². The molecule has 2 aliphatic heterocycles. The number of hydrogen-bond donors (Lipinski definition) is 2. The van der Waals surface area contributed by atoms with E-state index in [1.54, 1.807) is 0 Å². The maximum absolute atomic E-state index is 11.9. The van der Waals surface area contributed by atoms with Gasteiger partial charge in [-0.25, -0.2) is 0 Å². The number of piperidine rings is 2. The van der Waals surface area contributed by atoms with Gasteiger partial charge in [0, 0.05) is 31.1 Å². The highest BCUT2D eigenvalue weighted by Gasteiger charge is 2.40. The molecule has 2 heterocycles. The van der Waals surface area contributed by atoms with Gasteiger partial charge in [0.15, 0.2) is 5.11 Å². The first-order chi connectivity index (χ1) is 9.19. The molecule has 1 aliphatic carbocycles. The maximum atomic E-state index is 11.9. The summed E-state index contributed by atoms with van der Waals surface area (Å²) < 4.78 is 0. The number of carbonyl (C=O) groups excluding carboxylic acids is 1. The molecule has 3 fully saturated rings. The normalized spacial score (nSPS) is 33.7. The van der Waals surface area contributed by atoms with Crippen LogP contribution in [0.4, 0.5) is 0 Å². The molecule has 0 aromatic rings. The fourth-order valence-corrected chi connectivity index (χ4v) is 3.92. The lowest BCUT2D eigenvalue weighted by Crippen LogP contribution is -2.60. The minimum atomic E-state index is 0.285. The second-order valence-electron chi connectivity index (χ2n) is 6.15. The van der Waals surface area contributed by atoms with Crippen molar-refractivity contribution in [2.24, 2.45) is 5.92 Å². The molecule has 0 aromatic heterocycles. The summed E-state index contributed by atoms with van der Waals surface area (Å²) in [5.74, 6) is 0.601. The number of thiocarbonyl (C=S) groups is 1. The fraction of sp³-hybridized carbons (Fsp3) is 0.857. The second kappa shape index (κ2) is 5.27. The highest BCUT2D eigenvalue weighted by molar-refractivity contribution is 7.80. The van der Waals surface area contributed by atoms with Crippen LogP contribution >= 0.6 is 12.2 Å². The number of carbonyl (C=O) groups is 1. The number of fused-ring (bicyclic) bond motifs is 2. The van der Waals surface area contributed by atoms with E-state index in [1.807, 2.05) is 7.05 Å². The van der Waals surface area contributed by atoms with E-state index < -0.39 is 0 Å². The predicted octanol–water partition coefficient (Wildman–Crippen LogP) is 1.40. The molecule has 1 saturated carbocycles. The fourth-order valence-electron chi connectivity index (χ4n) is 3.62. The summed E-state index contributed by atoms with van der Waals surface area (Å²) in [6, 6.07) is 1.38. The standard InChI is InChI=1S/C14H23N3OS/c1-15-14(19)17-11-3-2-4-12(17)8-10(7-11)16-13(18)9-5-6-9/h9-12H,2-8H2,1H3,(H,15,19)(H,16,18)/t11-,12-/m0/s1. The van der Waals surface area contributed by atoms with Crippen LogP contribution in [0.3, 0.4) is 0 Å². The molecular formula is C14H23N3OS. The molecule has 3 rings (SSSR count). The molecule has 3 aliphatic rings. The van der Waals surface area contributed by atoms with E-state index in [9.17, 15) is 4.79 Å². The van der Waals surface area contributed by atoms with Crippen molar-refractivity contribution >= 4 is 23.2 Å². The lowest BCUT2D eigenvalue weighted by atomic mass is 9.82. The largest absolute Gasteiger partial charge is 0.366 e. The second-order valence-corrected chi connectivity index (χ2v) is 6.54. The molecule has 0 radical (unpaired) electrons. The Hall–Kier alpha value is -0.840.